The van der Waals surface area contributed by atoms with E-state index in [0.717, 1.165) is 17.5 Å². The number of hydrogen-bond donors (Lipinski definition) is 3. The van der Waals surface area contributed by atoms with E-state index in [1.807, 2.05) is 49.0 Å². The van der Waals surface area contributed by atoms with Crippen molar-refractivity contribution >= 4 is 6.03 Å². The molecule has 0 bridgehead atoms. The van der Waals surface area contributed by atoms with Gasteiger partial charge >= 0.3 is 6.03 Å². The van der Waals surface area contributed by atoms with Gasteiger partial charge in [-0.1, -0.05) is 44.5 Å². The molecule has 0 saturated carbocycles. The molecule has 1 heterocycles. The summed E-state index contributed by atoms with van der Waals surface area (Å²) in [6.07, 6.45) is 4.53. The highest BCUT2D eigenvalue weighted by Gasteiger charge is 2.27. The smallest absolute Gasteiger partial charge is 0.315 e. The van der Waals surface area contributed by atoms with Crippen LogP contribution in [-0.2, 0) is 13.1 Å². The Kier molecular flexibility index (Phi) is 6.58. The number of aromatic nitrogens is 2. The molecule has 0 spiro atoms. The minimum absolute atomic E-state index is 0.117. The Hall–Kier alpha value is -2.34. The summed E-state index contributed by atoms with van der Waals surface area (Å²) in [4.78, 5) is 12.0. The Morgan fingerprint density at radius 3 is 2.76 bits per heavy atom. The number of rotatable bonds is 8. The number of urea groups is 1. The number of nitrogens with one attached hydrogen (secondary N) is 2. The van der Waals surface area contributed by atoms with Crippen molar-refractivity contribution in [2.24, 2.45) is 5.92 Å². The van der Waals surface area contributed by atoms with E-state index in [-0.39, 0.29) is 18.5 Å². The van der Waals surface area contributed by atoms with E-state index in [2.05, 4.69) is 21.8 Å². The molecular weight excluding hydrogens is 316 g/mol. The summed E-state index contributed by atoms with van der Waals surface area (Å²) < 4.78 is 1.86. The summed E-state index contributed by atoms with van der Waals surface area (Å²) in [5.41, 5.74) is 1.24. The highest BCUT2D eigenvalue weighted by Crippen LogP contribution is 2.18. The highest BCUT2D eigenvalue weighted by atomic mass is 16.3. The van der Waals surface area contributed by atoms with Crippen molar-refractivity contribution in [2.45, 2.75) is 45.9 Å². The number of carbonyl (C=O) groups is 1. The fourth-order valence-corrected chi connectivity index (χ4v) is 2.54. The molecule has 1 aromatic heterocycles. The first kappa shape index (κ1) is 19.0. The summed E-state index contributed by atoms with van der Waals surface area (Å²) >= 11 is 0. The van der Waals surface area contributed by atoms with Crippen molar-refractivity contribution in [1.82, 2.24) is 20.4 Å². The van der Waals surface area contributed by atoms with Crippen LogP contribution in [0.3, 0.4) is 0 Å². The van der Waals surface area contributed by atoms with Gasteiger partial charge in [-0.15, -0.1) is 0 Å². The minimum Gasteiger partial charge on any atom is -0.388 e. The number of aliphatic hydroxyl groups is 1. The predicted molar refractivity (Wildman–Crippen MR) is 98.1 cm³/mol. The molecule has 2 amide bonds. The fourth-order valence-electron chi connectivity index (χ4n) is 2.54. The SMILES string of the molecule is CCC(C)C(C)(O)CNC(=O)NCc1cccc(Cn2cccn2)c1. The molecule has 6 nitrogen and oxygen atoms in total. The maximum Gasteiger partial charge on any atom is 0.315 e. The van der Waals surface area contributed by atoms with Gasteiger partial charge in [-0.2, -0.15) is 5.10 Å². The van der Waals surface area contributed by atoms with Crippen LogP contribution >= 0.6 is 0 Å². The van der Waals surface area contributed by atoms with E-state index in [9.17, 15) is 9.90 Å². The van der Waals surface area contributed by atoms with Crippen LogP contribution in [0.2, 0.25) is 0 Å². The second-order valence-corrected chi connectivity index (χ2v) is 6.73. The average molecular weight is 344 g/mol. The molecule has 3 N–H and O–H groups in total. The van der Waals surface area contributed by atoms with Crippen LogP contribution in [0.25, 0.3) is 0 Å². The van der Waals surface area contributed by atoms with Crippen LogP contribution in [0.4, 0.5) is 4.79 Å². The highest BCUT2D eigenvalue weighted by molar-refractivity contribution is 5.73. The molecule has 0 aliphatic rings. The van der Waals surface area contributed by atoms with Crippen LogP contribution < -0.4 is 10.6 Å². The van der Waals surface area contributed by atoms with Crippen molar-refractivity contribution in [3.63, 3.8) is 0 Å². The number of amides is 2. The Labute approximate surface area is 149 Å². The average Bonchev–Trinajstić information content (AvgIpc) is 3.10. The topological polar surface area (TPSA) is 79.2 Å². The van der Waals surface area contributed by atoms with Crippen molar-refractivity contribution in [2.75, 3.05) is 6.54 Å². The van der Waals surface area contributed by atoms with Gasteiger partial charge in [0.05, 0.1) is 12.1 Å². The molecule has 2 atom stereocenters. The molecule has 1 aromatic carbocycles. The fraction of sp³-hybridized carbons (Fsp3) is 0.474. The van der Waals surface area contributed by atoms with E-state index >= 15 is 0 Å². The van der Waals surface area contributed by atoms with Crippen LogP contribution in [0, 0.1) is 5.92 Å². The first-order valence-corrected chi connectivity index (χ1v) is 8.70. The van der Waals surface area contributed by atoms with Gasteiger partial charge in [0.25, 0.3) is 0 Å². The standard InChI is InChI=1S/C19H28N4O2/c1-4-15(2)19(3,25)14-21-18(24)20-12-16-7-5-8-17(11-16)13-23-10-6-9-22-23/h5-11,15,25H,4,12-14H2,1-3H3,(H2,20,21,24). The van der Waals surface area contributed by atoms with Gasteiger partial charge in [0, 0.05) is 25.5 Å². The van der Waals surface area contributed by atoms with Crippen molar-refractivity contribution < 1.29 is 9.90 Å². The van der Waals surface area contributed by atoms with Crippen LogP contribution in [-0.4, -0.2) is 33.1 Å². The van der Waals surface area contributed by atoms with Gasteiger partial charge < -0.3 is 15.7 Å². The summed E-state index contributed by atoms with van der Waals surface area (Å²) in [5, 5.41) is 20.1. The predicted octanol–water partition coefficient (Wildman–Crippen LogP) is 2.53. The molecule has 0 saturated heterocycles. The Morgan fingerprint density at radius 2 is 2.08 bits per heavy atom. The summed E-state index contributed by atoms with van der Waals surface area (Å²) in [6.45, 7) is 7.11. The second-order valence-electron chi connectivity index (χ2n) is 6.73. The maximum absolute atomic E-state index is 12.0. The lowest BCUT2D eigenvalue weighted by molar-refractivity contribution is 0.00790. The van der Waals surface area contributed by atoms with Gasteiger partial charge in [-0.3, -0.25) is 4.68 Å². The Balaban J connectivity index is 1.81. The first-order chi connectivity index (χ1) is 11.9. The van der Waals surface area contributed by atoms with Crippen LogP contribution in [0.15, 0.2) is 42.7 Å². The monoisotopic (exact) mass is 344 g/mol. The lowest BCUT2D eigenvalue weighted by Crippen LogP contribution is -2.47. The number of hydrogen-bond acceptors (Lipinski definition) is 3. The molecule has 136 valence electrons. The molecule has 0 radical (unpaired) electrons. The lowest BCUT2D eigenvalue weighted by Gasteiger charge is -2.29. The molecule has 25 heavy (non-hydrogen) atoms. The number of benzene rings is 1. The maximum atomic E-state index is 12.0. The van der Waals surface area contributed by atoms with Crippen molar-refractivity contribution in [3.8, 4) is 0 Å². The number of nitrogens with zero attached hydrogens (tertiary/aromatic N) is 2. The lowest BCUT2D eigenvalue weighted by atomic mass is 9.89. The molecule has 2 unspecified atom stereocenters. The van der Waals surface area contributed by atoms with Gasteiger partial charge in [-0.05, 0) is 30.0 Å². The van der Waals surface area contributed by atoms with Gasteiger partial charge in [0.2, 0.25) is 0 Å². The van der Waals surface area contributed by atoms with Crippen LogP contribution in [0.1, 0.15) is 38.3 Å². The normalized spacial score (nSPS) is 14.6. The largest absolute Gasteiger partial charge is 0.388 e. The third kappa shape index (κ3) is 5.90. The molecule has 0 aliphatic carbocycles. The first-order valence-electron chi connectivity index (χ1n) is 8.70. The molecule has 0 aliphatic heterocycles. The second kappa shape index (κ2) is 8.67. The van der Waals surface area contributed by atoms with E-state index in [1.165, 1.54) is 0 Å². The van der Waals surface area contributed by atoms with Gasteiger partial charge in [0.1, 0.15) is 0 Å². The van der Waals surface area contributed by atoms with Gasteiger partial charge in [-0.25, -0.2) is 4.79 Å². The zero-order valence-electron chi connectivity index (χ0n) is 15.2. The summed E-state index contributed by atoms with van der Waals surface area (Å²) in [5.74, 6) is 0.117. The number of carbonyl (C=O) groups excluding carboxylic acids is 1. The summed E-state index contributed by atoms with van der Waals surface area (Å²) in [6, 6.07) is 9.65. The van der Waals surface area contributed by atoms with E-state index in [0.29, 0.717) is 13.1 Å². The van der Waals surface area contributed by atoms with Crippen molar-refractivity contribution in [1.29, 1.82) is 0 Å². The van der Waals surface area contributed by atoms with Crippen molar-refractivity contribution in [3.05, 3.63) is 53.9 Å². The minimum atomic E-state index is -0.907. The molecular formula is C19H28N4O2. The Morgan fingerprint density at radius 1 is 1.32 bits per heavy atom. The van der Waals surface area contributed by atoms with Gasteiger partial charge in [0.15, 0.2) is 0 Å². The van der Waals surface area contributed by atoms with E-state index in [1.54, 1.807) is 13.1 Å². The molecule has 2 aromatic rings. The third-order valence-electron chi connectivity index (χ3n) is 4.63. The zero-order valence-corrected chi connectivity index (χ0v) is 15.2. The summed E-state index contributed by atoms with van der Waals surface area (Å²) in [7, 11) is 0. The molecule has 6 heteroatoms. The molecule has 0 fully saturated rings. The molecule has 2 rings (SSSR count). The van der Waals surface area contributed by atoms with E-state index in [4.69, 9.17) is 0 Å². The van der Waals surface area contributed by atoms with Crippen LogP contribution in [0.5, 0.6) is 0 Å². The zero-order chi connectivity index (χ0) is 18.3. The third-order valence-corrected chi connectivity index (χ3v) is 4.63. The van der Waals surface area contributed by atoms with E-state index < -0.39 is 5.60 Å². The Bertz CT molecular complexity index is 668. The quantitative estimate of drug-likeness (QED) is 0.688.